The number of Topliss-reactive ketones (excluding diaryl/α,β-unsaturated/α-hetero) is 1. The second-order valence-electron chi connectivity index (χ2n) is 6.15. The molecule has 0 spiro atoms. The van der Waals surface area contributed by atoms with Gasteiger partial charge in [-0.1, -0.05) is 6.42 Å². The Morgan fingerprint density at radius 1 is 1.19 bits per heavy atom. The van der Waals surface area contributed by atoms with Gasteiger partial charge in [0.05, 0.1) is 0 Å². The average Bonchev–Trinajstić information content (AvgIpc) is 2.91. The van der Waals surface area contributed by atoms with Crippen LogP contribution in [-0.4, -0.2) is 29.8 Å². The van der Waals surface area contributed by atoms with Gasteiger partial charge in [-0.15, -0.1) is 0 Å². The fraction of sp³-hybridized carbons (Fsp3) is 0.929. The molecule has 3 rings (SSSR count). The number of ketones is 1. The summed E-state index contributed by atoms with van der Waals surface area (Å²) in [6.45, 7) is 4.45. The maximum absolute atomic E-state index is 11.3. The van der Waals surface area contributed by atoms with Crippen molar-refractivity contribution in [3.63, 3.8) is 0 Å². The molecule has 1 saturated heterocycles. The Morgan fingerprint density at radius 2 is 1.94 bits per heavy atom. The lowest BCUT2D eigenvalue weighted by Gasteiger charge is -2.38. The summed E-state index contributed by atoms with van der Waals surface area (Å²) < 4.78 is 0. The Bertz CT molecular complexity index is 278. The maximum Gasteiger partial charge on any atom is 0.135 e. The van der Waals surface area contributed by atoms with E-state index in [9.17, 15) is 4.79 Å². The van der Waals surface area contributed by atoms with Crippen molar-refractivity contribution in [2.24, 2.45) is 17.8 Å². The van der Waals surface area contributed by atoms with Crippen LogP contribution in [0.2, 0.25) is 0 Å². The van der Waals surface area contributed by atoms with E-state index in [1.54, 1.807) is 0 Å². The Balaban J connectivity index is 1.60. The minimum Gasteiger partial charge on any atom is -0.300 e. The predicted octanol–water partition coefficient (Wildman–Crippen LogP) is 2.48. The SMILES string of the molecule is CC(C1CC2CCC1C2)N1CCC(=O)CC1. The van der Waals surface area contributed by atoms with E-state index in [-0.39, 0.29) is 0 Å². The Labute approximate surface area is 98.4 Å². The van der Waals surface area contributed by atoms with Crippen LogP contribution in [-0.2, 0) is 4.79 Å². The van der Waals surface area contributed by atoms with Crippen molar-refractivity contribution in [1.82, 2.24) is 4.90 Å². The molecular formula is C14H23NO. The van der Waals surface area contributed by atoms with E-state index in [1.165, 1.54) is 25.7 Å². The number of likely N-dealkylation sites (tertiary alicyclic amines) is 1. The molecule has 4 unspecified atom stereocenters. The summed E-state index contributed by atoms with van der Waals surface area (Å²) in [6.07, 6.45) is 7.53. The van der Waals surface area contributed by atoms with Gasteiger partial charge < -0.3 is 0 Å². The fourth-order valence-electron chi connectivity index (χ4n) is 4.34. The molecule has 0 N–H and O–H groups in total. The van der Waals surface area contributed by atoms with Gasteiger partial charge in [0, 0.05) is 32.0 Å². The minimum absolute atomic E-state index is 0.469. The van der Waals surface area contributed by atoms with Crippen LogP contribution in [0.3, 0.4) is 0 Å². The van der Waals surface area contributed by atoms with Crippen LogP contribution >= 0.6 is 0 Å². The van der Waals surface area contributed by atoms with Gasteiger partial charge in [0.25, 0.3) is 0 Å². The van der Waals surface area contributed by atoms with Crippen molar-refractivity contribution in [3.8, 4) is 0 Å². The summed E-state index contributed by atoms with van der Waals surface area (Å²) in [6, 6.07) is 0.725. The summed E-state index contributed by atoms with van der Waals surface area (Å²) in [5.74, 6) is 3.46. The molecule has 3 aliphatic rings. The van der Waals surface area contributed by atoms with Gasteiger partial charge >= 0.3 is 0 Å². The molecule has 2 aliphatic carbocycles. The van der Waals surface area contributed by atoms with Crippen LogP contribution < -0.4 is 0 Å². The second-order valence-corrected chi connectivity index (χ2v) is 6.15. The topological polar surface area (TPSA) is 20.3 Å². The van der Waals surface area contributed by atoms with Gasteiger partial charge in [-0.3, -0.25) is 9.69 Å². The molecule has 1 aliphatic heterocycles. The molecular weight excluding hydrogens is 198 g/mol. The minimum atomic E-state index is 0.469. The Morgan fingerprint density at radius 3 is 2.50 bits per heavy atom. The van der Waals surface area contributed by atoms with Gasteiger partial charge in [-0.25, -0.2) is 0 Å². The number of carbonyl (C=O) groups is 1. The first-order valence-electron chi connectivity index (χ1n) is 7.00. The van der Waals surface area contributed by atoms with Crippen molar-refractivity contribution in [2.45, 2.75) is 51.5 Å². The molecule has 0 amide bonds. The number of hydrogen-bond donors (Lipinski definition) is 0. The first-order chi connectivity index (χ1) is 7.74. The molecule has 0 aromatic rings. The number of fused-ring (bicyclic) bond motifs is 2. The Hall–Kier alpha value is -0.370. The largest absolute Gasteiger partial charge is 0.300 e. The quantitative estimate of drug-likeness (QED) is 0.714. The molecule has 90 valence electrons. The van der Waals surface area contributed by atoms with Crippen molar-refractivity contribution >= 4 is 5.78 Å². The molecule has 0 radical (unpaired) electrons. The van der Waals surface area contributed by atoms with E-state index < -0.39 is 0 Å². The van der Waals surface area contributed by atoms with Crippen molar-refractivity contribution in [1.29, 1.82) is 0 Å². The number of hydrogen-bond acceptors (Lipinski definition) is 2. The lowest BCUT2D eigenvalue weighted by Crippen LogP contribution is -2.45. The molecule has 1 heterocycles. The van der Waals surface area contributed by atoms with Gasteiger partial charge in [0.1, 0.15) is 5.78 Å². The van der Waals surface area contributed by atoms with Crippen LogP contribution in [0.1, 0.15) is 45.4 Å². The first kappa shape index (κ1) is 10.8. The standard InChI is InChI=1S/C14H23NO/c1-10(15-6-4-13(16)5-7-15)14-9-11-2-3-12(14)8-11/h10-12,14H,2-9H2,1H3. The molecule has 2 nitrogen and oxygen atoms in total. The van der Waals surface area contributed by atoms with E-state index in [0.717, 1.165) is 49.7 Å². The highest BCUT2D eigenvalue weighted by atomic mass is 16.1. The van der Waals surface area contributed by atoms with Gasteiger partial charge in [-0.2, -0.15) is 0 Å². The van der Waals surface area contributed by atoms with Crippen LogP contribution in [0, 0.1) is 17.8 Å². The summed E-state index contributed by atoms with van der Waals surface area (Å²) >= 11 is 0. The van der Waals surface area contributed by atoms with E-state index in [0.29, 0.717) is 5.78 Å². The average molecular weight is 221 g/mol. The van der Waals surface area contributed by atoms with Crippen LogP contribution in [0.15, 0.2) is 0 Å². The zero-order valence-corrected chi connectivity index (χ0v) is 10.3. The summed E-state index contributed by atoms with van der Waals surface area (Å²) in [4.78, 5) is 13.8. The molecule has 2 saturated carbocycles. The normalized spacial score (nSPS) is 41.6. The smallest absolute Gasteiger partial charge is 0.135 e. The second kappa shape index (κ2) is 4.14. The van der Waals surface area contributed by atoms with Crippen LogP contribution in [0.5, 0.6) is 0 Å². The molecule has 4 atom stereocenters. The highest BCUT2D eigenvalue weighted by molar-refractivity contribution is 5.79. The number of carbonyl (C=O) groups excluding carboxylic acids is 1. The third-order valence-electron chi connectivity index (χ3n) is 5.34. The number of rotatable bonds is 2. The molecule has 16 heavy (non-hydrogen) atoms. The van der Waals surface area contributed by atoms with Crippen LogP contribution in [0.4, 0.5) is 0 Å². The van der Waals surface area contributed by atoms with E-state index >= 15 is 0 Å². The van der Waals surface area contributed by atoms with Crippen molar-refractivity contribution < 1.29 is 4.79 Å². The zero-order chi connectivity index (χ0) is 11.1. The van der Waals surface area contributed by atoms with Crippen molar-refractivity contribution in [2.75, 3.05) is 13.1 Å². The Kier molecular flexibility index (Phi) is 2.78. The third-order valence-corrected chi connectivity index (χ3v) is 5.34. The fourth-order valence-corrected chi connectivity index (χ4v) is 4.34. The summed E-state index contributed by atoms with van der Waals surface area (Å²) in [7, 11) is 0. The lowest BCUT2D eigenvalue weighted by atomic mass is 9.83. The van der Waals surface area contributed by atoms with E-state index in [2.05, 4.69) is 11.8 Å². The van der Waals surface area contributed by atoms with E-state index in [1.807, 2.05) is 0 Å². The van der Waals surface area contributed by atoms with Gasteiger partial charge in [-0.05, 0) is 43.9 Å². The lowest BCUT2D eigenvalue weighted by molar-refractivity contribution is -0.122. The highest BCUT2D eigenvalue weighted by Crippen LogP contribution is 2.50. The maximum atomic E-state index is 11.3. The van der Waals surface area contributed by atoms with E-state index in [4.69, 9.17) is 0 Å². The van der Waals surface area contributed by atoms with Crippen LogP contribution in [0.25, 0.3) is 0 Å². The third kappa shape index (κ3) is 1.81. The van der Waals surface area contributed by atoms with Gasteiger partial charge in [0.2, 0.25) is 0 Å². The number of piperidine rings is 1. The number of nitrogens with zero attached hydrogens (tertiary/aromatic N) is 1. The zero-order valence-electron chi connectivity index (χ0n) is 10.3. The summed E-state index contributed by atoms with van der Waals surface area (Å²) in [5, 5.41) is 0. The molecule has 2 bridgehead atoms. The highest BCUT2D eigenvalue weighted by Gasteiger charge is 2.43. The monoisotopic (exact) mass is 221 g/mol. The van der Waals surface area contributed by atoms with Gasteiger partial charge in [0.15, 0.2) is 0 Å². The van der Waals surface area contributed by atoms with Crippen molar-refractivity contribution in [3.05, 3.63) is 0 Å². The molecule has 0 aromatic heterocycles. The molecule has 3 fully saturated rings. The first-order valence-corrected chi connectivity index (χ1v) is 7.00. The molecule has 0 aromatic carbocycles. The predicted molar refractivity (Wildman–Crippen MR) is 64.2 cm³/mol. The molecule has 2 heteroatoms. The summed E-state index contributed by atoms with van der Waals surface area (Å²) in [5.41, 5.74) is 0.